The lowest BCUT2D eigenvalue weighted by Crippen LogP contribution is -2.40. The number of halogens is 1. The molecule has 0 aliphatic carbocycles. The van der Waals surface area contributed by atoms with Gasteiger partial charge in [-0.25, -0.2) is 8.42 Å². The van der Waals surface area contributed by atoms with Crippen molar-refractivity contribution < 1.29 is 17.6 Å². The Hall–Kier alpha value is -0.560. The summed E-state index contributed by atoms with van der Waals surface area (Å²) in [6.07, 6.45) is 1.43. The summed E-state index contributed by atoms with van der Waals surface area (Å²) in [5.74, 6) is 1.02. The molecule has 0 amide bonds. The number of ether oxygens (including phenoxy) is 1. The van der Waals surface area contributed by atoms with Crippen LogP contribution in [0.25, 0.3) is 0 Å². The summed E-state index contributed by atoms with van der Waals surface area (Å²) in [5.41, 5.74) is 0. The predicted octanol–water partition coefficient (Wildman–Crippen LogP) is 2.13. The quantitative estimate of drug-likeness (QED) is 0.800. The molecule has 0 unspecified atom stereocenters. The Balaban J connectivity index is 2.27. The van der Waals surface area contributed by atoms with Crippen LogP contribution in [0.15, 0.2) is 15.4 Å². The Morgan fingerprint density at radius 3 is 2.58 bits per heavy atom. The number of sulfonamides is 1. The zero-order chi connectivity index (χ0) is 14.0. The third-order valence-electron chi connectivity index (χ3n) is 3.42. The summed E-state index contributed by atoms with van der Waals surface area (Å²) >= 11 is 5.67. The maximum Gasteiger partial charge on any atom is 0.246 e. The van der Waals surface area contributed by atoms with Gasteiger partial charge in [0, 0.05) is 32.4 Å². The molecule has 1 aromatic heterocycles. The van der Waals surface area contributed by atoms with Crippen molar-refractivity contribution in [2.75, 3.05) is 20.3 Å². The molecule has 0 radical (unpaired) electrons. The molecule has 2 heterocycles. The van der Waals surface area contributed by atoms with Crippen molar-refractivity contribution in [3.63, 3.8) is 0 Å². The van der Waals surface area contributed by atoms with Gasteiger partial charge in [0.05, 0.1) is 5.88 Å². The first-order valence-corrected chi connectivity index (χ1v) is 8.15. The fourth-order valence-electron chi connectivity index (χ4n) is 2.25. The molecule has 0 aromatic carbocycles. The van der Waals surface area contributed by atoms with Crippen LogP contribution in [0, 0.1) is 6.92 Å². The van der Waals surface area contributed by atoms with Gasteiger partial charge in [0.15, 0.2) is 0 Å². The number of aryl methyl sites for hydroxylation is 1. The van der Waals surface area contributed by atoms with Crippen LogP contribution in [0.1, 0.15) is 24.4 Å². The molecular weight excluding hydrogens is 290 g/mol. The van der Waals surface area contributed by atoms with Crippen molar-refractivity contribution in [2.45, 2.75) is 36.6 Å². The molecule has 0 saturated carbocycles. The van der Waals surface area contributed by atoms with Crippen LogP contribution in [0.5, 0.6) is 0 Å². The summed E-state index contributed by atoms with van der Waals surface area (Å²) in [6, 6.07) is 1.49. The second-order valence-electron chi connectivity index (χ2n) is 4.63. The first-order valence-electron chi connectivity index (χ1n) is 6.18. The topological polar surface area (TPSA) is 59.8 Å². The average Bonchev–Trinajstić information content (AvgIpc) is 2.81. The fourth-order valence-corrected chi connectivity index (χ4v) is 3.98. The van der Waals surface area contributed by atoms with E-state index in [9.17, 15) is 8.42 Å². The zero-order valence-electron chi connectivity index (χ0n) is 11.1. The van der Waals surface area contributed by atoms with E-state index in [0.29, 0.717) is 24.7 Å². The van der Waals surface area contributed by atoms with Gasteiger partial charge in [0.1, 0.15) is 16.4 Å². The smallest absolute Gasteiger partial charge is 0.246 e. The van der Waals surface area contributed by atoms with Gasteiger partial charge in [-0.15, -0.1) is 11.6 Å². The Morgan fingerprint density at radius 2 is 2.05 bits per heavy atom. The first-order chi connectivity index (χ1) is 8.96. The molecule has 0 bridgehead atoms. The molecule has 2 rings (SSSR count). The van der Waals surface area contributed by atoms with Gasteiger partial charge in [0.25, 0.3) is 0 Å². The molecule has 5 nitrogen and oxygen atoms in total. The van der Waals surface area contributed by atoms with E-state index < -0.39 is 10.0 Å². The Bertz CT molecular complexity index is 534. The first kappa shape index (κ1) is 14.8. The molecule has 0 spiro atoms. The van der Waals surface area contributed by atoms with Gasteiger partial charge < -0.3 is 9.15 Å². The van der Waals surface area contributed by atoms with Crippen LogP contribution in [-0.4, -0.2) is 39.0 Å². The van der Waals surface area contributed by atoms with Gasteiger partial charge in [-0.1, -0.05) is 0 Å². The van der Waals surface area contributed by atoms with E-state index in [0.717, 1.165) is 12.8 Å². The van der Waals surface area contributed by atoms with Crippen LogP contribution in [0.2, 0.25) is 0 Å². The Morgan fingerprint density at radius 1 is 1.42 bits per heavy atom. The number of hydrogen-bond donors (Lipinski definition) is 0. The maximum absolute atomic E-state index is 12.6. The van der Waals surface area contributed by atoms with E-state index in [1.54, 1.807) is 14.0 Å². The molecule has 108 valence electrons. The normalized spacial score (nSPS) is 18.1. The van der Waals surface area contributed by atoms with Gasteiger partial charge in [-0.2, -0.15) is 4.31 Å². The van der Waals surface area contributed by atoms with E-state index in [4.69, 9.17) is 20.8 Å². The van der Waals surface area contributed by atoms with Crippen molar-refractivity contribution in [2.24, 2.45) is 0 Å². The third kappa shape index (κ3) is 2.97. The highest BCUT2D eigenvalue weighted by atomic mass is 35.5. The van der Waals surface area contributed by atoms with Gasteiger partial charge >= 0.3 is 0 Å². The minimum atomic E-state index is -3.53. The average molecular weight is 308 g/mol. The Kier molecular flexibility index (Phi) is 4.55. The lowest BCUT2D eigenvalue weighted by Gasteiger charge is -2.30. The maximum atomic E-state index is 12.6. The minimum Gasteiger partial charge on any atom is -0.464 e. The van der Waals surface area contributed by atoms with E-state index in [1.807, 2.05) is 0 Å². The number of furan rings is 1. The number of hydrogen-bond acceptors (Lipinski definition) is 4. The highest BCUT2D eigenvalue weighted by Crippen LogP contribution is 2.27. The SMILES string of the molecule is Cc1oc(CCl)cc1S(=O)(=O)N(C)C1CCOCC1. The molecule has 1 aliphatic heterocycles. The molecule has 1 aromatic rings. The molecule has 1 aliphatic rings. The van der Waals surface area contributed by atoms with Crippen LogP contribution in [0.3, 0.4) is 0 Å². The number of alkyl halides is 1. The monoisotopic (exact) mass is 307 g/mol. The van der Waals surface area contributed by atoms with E-state index in [2.05, 4.69) is 0 Å². The van der Waals surface area contributed by atoms with E-state index in [-0.39, 0.29) is 16.8 Å². The molecule has 1 fully saturated rings. The summed E-state index contributed by atoms with van der Waals surface area (Å²) in [6.45, 7) is 2.84. The third-order valence-corrected chi connectivity index (χ3v) is 5.70. The fraction of sp³-hybridized carbons (Fsp3) is 0.667. The molecule has 0 N–H and O–H groups in total. The van der Waals surface area contributed by atoms with Gasteiger partial charge in [0.2, 0.25) is 10.0 Å². The minimum absolute atomic E-state index is 0.0208. The van der Waals surface area contributed by atoms with Crippen molar-refractivity contribution in [3.05, 3.63) is 17.6 Å². The standard InChI is InChI=1S/C12H18ClNO4S/c1-9-12(7-11(8-13)18-9)19(15,16)14(2)10-3-5-17-6-4-10/h7,10H,3-6,8H2,1-2H3. The molecule has 0 atom stereocenters. The van der Waals surface area contributed by atoms with Gasteiger partial charge in [-0.05, 0) is 19.8 Å². The molecule has 1 saturated heterocycles. The second-order valence-corrected chi connectivity index (χ2v) is 6.86. The van der Waals surface area contributed by atoms with Crippen molar-refractivity contribution in [1.82, 2.24) is 4.31 Å². The lowest BCUT2D eigenvalue weighted by molar-refractivity contribution is 0.0632. The van der Waals surface area contributed by atoms with E-state index in [1.165, 1.54) is 10.4 Å². The summed E-state index contributed by atoms with van der Waals surface area (Å²) in [7, 11) is -1.92. The van der Waals surface area contributed by atoms with Crippen molar-refractivity contribution >= 4 is 21.6 Å². The van der Waals surface area contributed by atoms with Gasteiger partial charge in [-0.3, -0.25) is 0 Å². The van der Waals surface area contributed by atoms with E-state index >= 15 is 0 Å². The molecular formula is C12H18ClNO4S. The van der Waals surface area contributed by atoms with Crippen molar-refractivity contribution in [1.29, 1.82) is 0 Å². The van der Waals surface area contributed by atoms with Crippen LogP contribution in [0.4, 0.5) is 0 Å². The van der Waals surface area contributed by atoms with Crippen LogP contribution in [-0.2, 0) is 20.6 Å². The zero-order valence-corrected chi connectivity index (χ0v) is 12.6. The van der Waals surface area contributed by atoms with Crippen molar-refractivity contribution in [3.8, 4) is 0 Å². The molecule has 7 heteroatoms. The lowest BCUT2D eigenvalue weighted by atomic mass is 10.1. The summed E-state index contributed by atoms with van der Waals surface area (Å²) in [5, 5.41) is 0. The summed E-state index contributed by atoms with van der Waals surface area (Å²) in [4.78, 5) is 0.206. The Labute approximate surface area is 118 Å². The predicted molar refractivity (Wildman–Crippen MR) is 71.8 cm³/mol. The second kappa shape index (κ2) is 5.83. The largest absolute Gasteiger partial charge is 0.464 e. The van der Waals surface area contributed by atoms with Crippen LogP contribution < -0.4 is 0 Å². The van der Waals surface area contributed by atoms with Crippen LogP contribution >= 0.6 is 11.6 Å². The number of nitrogens with zero attached hydrogens (tertiary/aromatic N) is 1. The highest BCUT2D eigenvalue weighted by molar-refractivity contribution is 7.89. The highest BCUT2D eigenvalue weighted by Gasteiger charge is 2.32. The summed E-state index contributed by atoms with van der Waals surface area (Å²) < 4.78 is 37.1. The number of rotatable bonds is 4. The molecule has 19 heavy (non-hydrogen) atoms.